The third-order valence-corrected chi connectivity index (χ3v) is 1.88. The van der Waals surface area contributed by atoms with E-state index in [0.717, 1.165) is 0 Å². The lowest BCUT2D eigenvalue weighted by atomic mass is 10.2. The zero-order valence-corrected chi connectivity index (χ0v) is 9.07. The van der Waals surface area contributed by atoms with Crippen LogP contribution in [0, 0.1) is 6.92 Å². The molecule has 0 unspecified atom stereocenters. The maximum absolute atomic E-state index is 11.1. The molecule has 0 aliphatic rings. The summed E-state index contributed by atoms with van der Waals surface area (Å²) in [7, 11) is 0. The average Bonchev–Trinajstić information content (AvgIpc) is 2.51. The Morgan fingerprint density at radius 2 is 1.94 bits per heavy atom. The van der Waals surface area contributed by atoms with E-state index in [1.807, 2.05) is 0 Å². The summed E-state index contributed by atoms with van der Waals surface area (Å²) < 4.78 is 14.0. The van der Waals surface area contributed by atoms with E-state index in [4.69, 9.17) is 4.74 Å². The number of hydrogen-bond donors (Lipinski definition) is 0. The molecule has 6 heteroatoms. The first-order valence-corrected chi connectivity index (χ1v) is 4.73. The predicted octanol–water partition coefficient (Wildman–Crippen LogP) is 0.954. The molecule has 0 aliphatic heterocycles. The van der Waals surface area contributed by atoms with Crippen molar-refractivity contribution in [1.82, 2.24) is 0 Å². The Bertz CT molecular complexity index is 438. The highest BCUT2D eigenvalue weighted by molar-refractivity contribution is 5.80. The number of hydrogen-bond acceptors (Lipinski definition) is 6. The quantitative estimate of drug-likeness (QED) is 0.697. The van der Waals surface area contributed by atoms with Crippen LogP contribution in [0.3, 0.4) is 0 Å². The number of ether oxygens (including phenoxy) is 1. The van der Waals surface area contributed by atoms with Gasteiger partial charge >= 0.3 is 11.8 Å². The van der Waals surface area contributed by atoms with Crippen LogP contribution in [0.1, 0.15) is 31.3 Å². The van der Waals surface area contributed by atoms with Crippen molar-refractivity contribution in [3.8, 4) is 0 Å². The van der Waals surface area contributed by atoms with E-state index in [9.17, 15) is 14.4 Å². The molecule has 0 aromatic carbocycles. The Balaban J connectivity index is 2.40. The highest BCUT2D eigenvalue weighted by atomic mass is 16.6. The standard InChI is InChI=1S/C10H12O6/c1-6(11)3-4-9(12)14-5-8-7(2)15-10(13)16-8/h3-5H2,1-2H3. The van der Waals surface area contributed by atoms with Gasteiger partial charge in [0.2, 0.25) is 0 Å². The van der Waals surface area contributed by atoms with Gasteiger partial charge in [0.1, 0.15) is 5.78 Å². The Morgan fingerprint density at radius 3 is 2.44 bits per heavy atom. The number of esters is 1. The molecule has 88 valence electrons. The molecule has 0 bridgehead atoms. The van der Waals surface area contributed by atoms with Crippen LogP contribution in [0.5, 0.6) is 0 Å². The summed E-state index contributed by atoms with van der Waals surface area (Å²) in [5.41, 5.74) is 0. The van der Waals surface area contributed by atoms with Crippen molar-refractivity contribution >= 4 is 11.8 Å². The summed E-state index contributed by atoms with van der Waals surface area (Å²) in [4.78, 5) is 32.4. The van der Waals surface area contributed by atoms with E-state index in [-0.39, 0.29) is 36.8 Å². The van der Waals surface area contributed by atoms with E-state index >= 15 is 0 Å². The van der Waals surface area contributed by atoms with Gasteiger partial charge < -0.3 is 18.4 Å². The molecule has 0 spiro atoms. The second kappa shape index (κ2) is 5.29. The Labute approximate surface area is 91.2 Å². The summed E-state index contributed by atoms with van der Waals surface area (Å²) >= 11 is 0. The highest BCUT2D eigenvalue weighted by Crippen LogP contribution is 2.07. The Morgan fingerprint density at radius 1 is 1.25 bits per heavy atom. The summed E-state index contributed by atoms with van der Waals surface area (Å²) in [6, 6.07) is 0. The molecule has 0 atom stereocenters. The molecule has 0 saturated heterocycles. The van der Waals surface area contributed by atoms with Gasteiger partial charge in [0.15, 0.2) is 18.1 Å². The van der Waals surface area contributed by atoms with Crippen LogP contribution < -0.4 is 5.82 Å². The minimum absolute atomic E-state index is 0.0243. The normalized spacial score (nSPS) is 10.1. The number of carbonyl (C=O) groups is 2. The first-order chi connectivity index (χ1) is 7.49. The molecule has 0 aliphatic carbocycles. The van der Waals surface area contributed by atoms with Crippen LogP contribution in [0.2, 0.25) is 0 Å². The lowest BCUT2D eigenvalue weighted by Gasteiger charge is -2.00. The van der Waals surface area contributed by atoms with Gasteiger partial charge in [-0.2, -0.15) is 0 Å². The third-order valence-electron chi connectivity index (χ3n) is 1.88. The van der Waals surface area contributed by atoms with Crippen molar-refractivity contribution in [2.45, 2.75) is 33.3 Å². The second-order valence-corrected chi connectivity index (χ2v) is 3.30. The van der Waals surface area contributed by atoms with Crippen molar-refractivity contribution in [3.05, 3.63) is 22.1 Å². The van der Waals surface area contributed by atoms with E-state index in [1.165, 1.54) is 13.8 Å². The van der Waals surface area contributed by atoms with Gasteiger partial charge in [0, 0.05) is 6.42 Å². The first kappa shape index (κ1) is 12.2. The number of rotatable bonds is 5. The largest absolute Gasteiger partial charge is 0.519 e. The van der Waals surface area contributed by atoms with Crippen LogP contribution in [0.15, 0.2) is 13.6 Å². The van der Waals surface area contributed by atoms with E-state index in [0.29, 0.717) is 0 Å². The molecule has 0 saturated carbocycles. The number of ketones is 1. The highest BCUT2D eigenvalue weighted by Gasteiger charge is 2.11. The van der Waals surface area contributed by atoms with Crippen LogP contribution >= 0.6 is 0 Å². The van der Waals surface area contributed by atoms with Crippen molar-refractivity contribution in [3.63, 3.8) is 0 Å². The smallest absolute Gasteiger partial charge is 0.457 e. The minimum atomic E-state index is -0.827. The molecular weight excluding hydrogens is 216 g/mol. The third kappa shape index (κ3) is 3.72. The minimum Gasteiger partial charge on any atom is -0.457 e. The van der Waals surface area contributed by atoms with Crippen molar-refractivity contribution < 1.29 is 23.2 Å². The topological polar surface area (TPSA) is 86.7 Å². The number of Topliss-reactive ketones (excluding diaryl/α,β-unsaturated/α-hetero) is 1. The molecule has 1 aromatic heterocycles. The summed E-state index contributed by atoms with van der Waals surface area (Å²) in [6.07, 6.45) is 0.170. The van der Waals surface area contributed by atoms with Crippen molar-refractivity contribution in [2.24, 2.45) is 0 Å². The molecule has 1 rings (SSSR count). The first-order valence-electron chi connectivity index (χ1n) is 4.73. The predicted molar refractivity (Wildman–Crippen MR) is 51.7 cm³/mol. The zero-order valence-electron chi connectivity index (χ0n) is 9.07. The van der Waals surface area contributed by atoms with Crippen molar-refractivity contribution in [1.29, 1.82) is 0 Å². The SMILES string of the molecule is CC(=O)CCC(=O)OCc1oc(=O)oc1C. The summed E-state index contributed by atoms with van der Waals surface area (Å²) in [5.74, 6) is -0.959. The van der Waals surface area contributed by atoms with Gasteiger partial charge in [-0.05, 0) is 13.8 Å². The van der Waals surface area contributed by atoms with Crippen LogP contribution in [-0.2, 0) is 20.9 Å². The lowest BCUT2D eigenvalue weighted by molar-refractivity contribution is -0.146. The van der Waals surface area contributed by atoms with Gasteiger partial charge in [-0.1, -0.05) is 0 Å². The Kier molecular flexibility index (Phi) is 4.04. The maximum atomic E-state index is 11.1. The summed E-state index contributed by atoms with van der Waals surface area (Å²) in [6.45, 7) is 2.77. The molecule has 1 heterocycles. The fourth-order valence-corrected chi connectivity index (χ4v) is 1.00. The van der Waals surface area contributed by atoms with Gasteiger partial charge in [0.25, 0.3) is 0 Å². The monoisotopic (exact) mass is 228 g/mol. The molecule has 6 nitrogen and oxygen atoms in total. The maximum Gasteiger partial charge on any atom is 0.519 e. The fraction of sp³-hybridized carbons (Fsp3) is 0.500. The van der Waals surface area contributed by atoms with Crippen LogP contribution in [-0.4, -0.2) is 11.8 Å². The second-order valence-electron chi connectivity index (χ2n) is 3.30. The van der Waals surface area contributed by atoms with E-state index < -0.39 is 11.8 Å². The molecule has 16 heavy (non-hydrogen) atoms. The fourth-order valence-electron chi connectivity index (χ4n) is 1.00. The molecule has 0 radical (unpaired) electrons. The summed E-state index contributed by atoms with van der Waals surface area (Å²) in [5, 5.41) is 0. The lowest BCUT2D eigenvalue weighted by Crippen LogP contribution is -2.06. The van der Waals surface area contributed by atoms with Gasteiger partial charge in [-0.3, -0.25) is 4.79 Å². The van der Waals surface area contributed by atoms with E-state index in [1.54, 1.807) is 0 Å². The average molecular weight is 228 g/mol. The van der Waals surface area contributed by atoms with Crippen molar-refractivity contribution in [2.75, 3.05) is 0 Å². The van der Waals surface area contributed by atoms with E-state index in [2.05, 4.69) is 8.83 Å². The molecule has 0 amide bonds. The van der Waals surface area contributed by atoms with Gasteiger partial charge in [-0.15, -0.1) is 0 Å². The number of carbonyl (C=O) groups excluding carboxylic acids is 2. The van der Waals surface area contributed by atoms with Gasteiger partial charge in [-0.25, -0.2) is 4.79 Å². The Hall–Kier alpha value is -1.85. The molecule has 1 aromatic rings. The molecule has 0 fully saturated rings. The van der Waals surface area contributed by atoms with Crippen LogP contribution in [0.4, 0.5) is 0 Å². The molecule has 0 N–H and O–H groups in total. The van der Waals surface area contributed by atoms with Gasteiger partial charge in [0.05, 0.1) is 6.42 Å². The van der Waals surface area contributed by atoms with Crippen LogP contribution in [0.25, 0.3) is 0 Å². The zero-order chi connectivity index (χ0) is 12.1. The number of aryl methyl sites for hydroxylation is 1. The molecular formula is C10H12O6.